The van der Waals surface area contributed by atoms with Gasteiger partial charge in [-0.25, -0.2) is 9.79 Å². The zero-order valence-electron chi connectivity index (χ0n) is 18.0. The number of ether oxygens (including phenoxy) is 3. The maximum Gasteiger partial charge on any atom is 0.363 e. The SMILES string of the molecule is COc1cc(/C=C2\N=C(c3ccc(Cl)c([N+](=O)[O-])c3)OC2=O)cc(Cl)c1OCc1ccccc1Br. The van der Waals surface area contributed by atoms with Crippen molar-refractivity contribution in [3.63, 3.8) is 0 Å². The van der Waals surface area contributed by atoms with Crippen LogP contribution in [0, 0.1) is 10.1 Å². The van der Waals surface area contributed by atoms with E-state index in [9.17, 15) is 14.9 Å². The molecule has 11 heteroatoms. The number of cyclic esters (lactones) is 1. The highest BCUT2D eigenvalue weighted by atomic mass is 79.9. The van der Waals surface area contributed by atoms with E-state index in [2.05, 4.69) is 20.9 Å². The maximum atomic E-state index is 12.4. The van der Waals surface area contributed by atoms with E-state index in [1.807, 2.05) is 24.3 Å². The number of halogens is 3. The Morgan fingerprint density at radius 3 is 2.63 bits per heavy atom. The first-order chi connectivity index (χ1) is 16.8. The monoisotopic (exact) mass is 576 g/mol. The molecule has 8 nitrogen and oxygen atoms in total. The van der Waals surface area contributed by atoms with Crippen LogP contribution < -0.4 is 9.47 Å². The highest BCUT2D eigenvalue weighted by Crippen LogP contribution is 2.38. The Morgan fingerprint density at radius 1 is 1.14 bits per heavy atom. The van der Waals surface area contributed by atoms with E-state index < -0.39 is 10.9 Å². The second-order valence-corrected chi connectivity index (χ2v) is 8.84. The molecular formula is C24H15BrCl2N2O6. The van der Waals surface area contributed by atoms with Gasteiger partial charge in [0.05, 0.1) is 17.1 Å². The lowest BCUT2D eigenvalue weighted by Gasteiger charge is -2.14. The van der Waals surface area contributed by atoms with Gasteiger partial charge in [-0.1, -0.05) is 57.3 Å². The molecule has 0 spiro atoms. The summed E-state index contributed by atoms with van der Waals surface area (Å²) in [6.45, 7) is 0.255. The van der Waals surface area contributed by atoms with Gasteiger partial charge >= 0.3 is 5.97 Å². The molecule has 0 bridgehead atoms. The molecule has 178 valence electrons. The van der Waals surface area contributed by atoms with E-state index in [-0.39, 0.29) is 39.5 Å². The summed E-state index contributed by atoms with van der Waals surface area (Å²) < 4.78 is 17.4. The molecule has 4 rings (SSSR count). The van der Waals surface area contributed by atoms with Crippen LogP contribution in [-0.4, -0.2) is 23.9 Å². The molecule has 1 aliphatic rings. The molecule has 0 amide bonds. The van der Waals surface area contributed by atoms with Crippen LogP contribution in [0.4, 0.5) is 5.69 Å². The summed E-state index contributed by atoms with van der Waals surface area (Å²) in [7, 11) is 1.47. The molecule has 1 heterocycles. The number of rotatable bonds is 7. The van der Waals surface area contributed by atoms with Gasteiger partial charge < -0.3 is 14.2 Å². The summed E-state index contributed by atoms with van der Waals surface area (Å²) in [6, 6.07) is 14.9. The number of methoxy groups -OCH3 is 1. The van der Waals surface area contributed by atoms with Crippen LogP contribution in [0.3, 0.4) is 0 Å². The van der Waals surface area contributed by atoms with Crippen molar-refractivity contribution in [2.24, 2.45) is 4.99 Å². The average molecular weight is 578 g/mol. The molecule has 0 aliphatic carbocycles. The van der Waals surface area contributed by atoms with Crippen molar-refractivity contribution in [3.05, 3.63) is 102 Å². The smallest absolute Gasteiger partial charge is 0.363 e. The van der Waals surface area contributed by atoms with Crippen molar-refractivity contribution < 1.29 is 23.9 Å². The van der Waals surface area contributed by atoms with E-state index in [0.29, 0.717) is 17.1 Å². The summed E-state index contributed by atoms with van der Waals surface area (Å²) >= 11 is 15.8. The van der Waals surface area contributed by atoms with Crippen LogP contribution in [0.2, 0.25) is 10.0 Å². The maximum absolute atomic E-state index is 12.4. The van der Waals surface area contributed by atoms with Gasteiger partial charge in [-0.15, -0.1) is 0 Å². The average Bonchev–Trinajstić information content (AvgIpc) is 3.19. The third kappa shape index (κ3) is 5.48. The third-order valence-corrected chi connectivity index (χ3v) is 6.27. The van der Waals surface area contributed by atoms with Gasteiger partial charge in [-0.05, 0) is 42.0 Å². The Kier molecular flexibility index (Phi) is 7.39. The van der Waals surface area contributed by atoms with Crippen molar-refractivity contribution in [1.82, 2.24) is 0 Å². The lowest BCUT2D eigenvalue weighted by atomic mass is 10.1. The van der Waals surface area contributed by atoms with E-state index in [0.717, 1.165) is 10.0 Å². The highest BCUT2D eigenvalue weighted by molar-refractivity contribution is 9.10. The Morgan fingerprint density at radius 2 is 1.91 bits per heavy atom. The Hall–Kier alpha value is -3.40. The van der Waals surface area contributed by atoms with Gasteiger partial charge in [-0.3, -0.25) is 10.1 Å². The van der Waals surface area contributed by atoms with E-state index in [4.69, 9.17) is 37.4 Å². The van der Waals surface area contributed by atoms with Crippen LogP contribution in [-0.2, 0) is 16.1 Å². The number of hydrogen-bond acceptors (Lipinski definition) is 7. The predicted octanol–water partition coefficient (Wildman–Crippen LogP) is 6.60. The molecule has 35 heavy (non-hydrogen) atoms. The number of carbonyl (C=O) groups is 1. The van der Waals surface area contributed by atoms with E-state index in [1.165, 1.54) is 31.4 Å². The fraction of sp³-hybridized carbons (Fsp3) is 0.0833. The second-order valence-electron chi connectivity index (χ2n) is 7.17. The third-order valence-electron chi connectivity index (χ3n) is 4.90. The lowest BCUT2D eigenvalue weighted by molar-refractivity contribution is -0.384. The van der Waals surface area contributed by atoms with Gasteiger partial charge in [0.15, 0.2) is 17.2 Å². The first kappa shape index (κ1) is 24.7. The van der Waals surface area contributed by atoms with Crippen molar-refractivity contribution in [2.75, 3.05) is 7.11 Å². The molecule has 3 aromatic rings. The van der Waals surface area contributed by atoms with Gasteiger partial charge in [0.1, 0.15) is 11.6 Å². The minimum atomic E-state index is -0.720. The molecule has 0 saturated heterocycles. The first-order valence-electron chi connectivity index (χ1n) is 9.97. The lowest BCUT2D eigenvalue weighted by Crippen LogP contribution is -2.06. The van der Waals surface area contributed by atoms with Crippen molar-refractivity contribution in [1.29, 1.82) is 0 Å². The number of nitrogens with zero attached hydrogens (tertiary/aromatic N) is 2. The molecule has 0 saturated carbocycles. The number of esters is 1. The summed E-state index contributed by atoms with van der Waals surface area (Å²) in [5.41, 5.74) is 1.34. The van der Waals surface area contributed by atoms with Crippen molar-refractivity contribution in [2.45, 2.75) is 6.61 Å². The summed E-state index contributed by atoms with van der Waals surface area (Å²) in [6.07, 6.45) is 1.46. The molecule has 0 aromatic heterocycles. The highest BCUT2D eigenvalue weighted by Gasteiger charge is 2.26. The number of hydrogen-bond donors (Lipinski definition) is 0. The minimum absolute atomic E-state index is 0.0161. The topological polar surface area (TPSA) is 100 Å². The van der Waals surface area contributed by atoms with E-state index in [1.54, 1.807) is 12.1 Å². The Bertz CT molecular complexity index is 1410. The second kappa shape index (κ2) is 10.5. The fourth-order valence-electron chi connectivity index (χ4n) is 3.20. The number of nitro groups is 1. The van der Waals surface area contributed by atoms with Crippen molar-refractivity contribution >= 4 is 62.8 Å². The van der Waals surface area contributed by atoms with Crippen LogP contribution in [0.25, 0.3) is 6.08 Å². The quantitative estimate of drug-likeness (QED) is 0.136. The normalized spacial score (nSPS) is 14.0. The fourth-order valence-corrected chi connectivity index (χ4v) is 4.06. The van der Waals surface area contributed by atoms with Crippen LogP contribution in [0.5, 0.6) is 11.5 Å². The molecule has 0 atom stereocenters. The largest absolute Gasteiger partial charge is 0.493 e. The van der Waals surface area contributed by atoms with E-state index >= 15 is 0 Å². The number of benzene rings is 3. The molecule has 0 unspecified atom stereocenters. The number of nitro benzene ring substituents is 1. The zero-order chi connectivity index (χ0) is 25.1. The summed E-state index contributed by atoms with van der Waals surface area (Å²) in [5.74, 6) is -0.0894. The standard InChI is InChI=1S/C24H15BrCl2N2O6/c1-33-21-10-13(8-18(27)22(21)34-12-15-4-2-3-5-16(15)25)9-19-24(30)35-23(28-19)14-6-7-17(26)20(11-14)29(31)32/h2-11H,12H2,1H3/b19-9-. The van der Waals surface area contributed by atoms with Crippen molar-refractivity contribution in [3.8, 4) is 11.5 Å². The molecule has 0 radical (unpaired) electrons. The summed E-state index contributed by atoms with van der Waals surface area (Å²) in [5, 5.41) is 11.4. The van der Waals surface area contributed by atoms with Gasteiger partial charge in [0, 0.05) is 21.7 Å². The summed E-state index contributed by atoms with van der Waals surface area (Å²) in [4.78, 5) is 27.1. The number of aliphatic imine (C=N–C) groups is 1. The Labute approximate surface area is 218 Å². The molecule has 0 N–H and O–H groups in total. The number of carbonyl (C=O) groups excluding carboxylic acids is 1. The molecule has 0 fully saturated rings. The molecular weight excluding hydrogens is 563 g/mol. The van der Waals surface area contributed by atoms with Crippen LogP contribution in [0.1, 0.15) is 16.7 Å². The van der Waals surface area contributed by atoms with Crippen LogP contribution in [0.15, 0.2) is 69.8 Å². The van der Waals surface area contributed by atoms with Gasteiger partial charge in [0.25, 0.3) is 5.69 Å². The molecule has 3 aromatic carbocycles. The predicted molar refractivity (Wildman–Crippen MR) is 135 cm³/mol. The van der Waals surface area contributed by atoms with Gasteiger partial charge in [0.2, 0.25) is 5.90 Å². The Balaban J connectivity index is 1.61. The zero-order valence-corrected chi connectivity index (χ0v) is 21.1. The molecule has 1 aliphatic heterocycles. The van der Waals surface area contributed by atoms with Crippen LogP contribution >= 0.6 is 39.1 Å². The first-order valence-corrected chi connectivity index (χ1v) is 11.5. The van der Waals surface area contributed by atoms with Gasteiger partial charge in [-0.2, -0.15) is 0 Å². The minimum Gasteiger partial charge on any atom is -0.493 e.